The quantitative estimate of drug-likeness (QED) is 0.410. The normalized spacial score (nSPS) is 18.3. The fraction of sp³-hybridized carbons (Fsp3) is 0.345. The summed E-state index contributed by atoms with van der Waals surface area (Å²) in [6, 6.07) is 26.9. The second-order valence-corrected chi connectivity index (χ2v) is 11.5. The van der Waals surface area contributed by atoms with Crippen molar-refractivity contribution in [3.8, 4) is 0 Å². The molecule has 1 aliphatic heterocycles. The SMILES string of the molecule is CC(C)c1ccc(S(=O)(=O)N[C@H]2CNC[C@@H](C(=O)NCC(c3ccccc3)c3ccccc3)C2)cc1. The van der Waals surface area contributed by atoms with Crippen LogP contribution in [0.1, 0.15) is 48.8 Å². The Kier molecular flexibility index (Phi) is 8.56. The number of hydrogen-bond donors (Lipinski definition) is 3. The first kappa shape index (κ1) is 26.1. The van der Waals surface area contributed by atoms with Crippen LogP contribution < -0.4 is 15.4 Å². The smallest absolute Gasteiger partial charge is 0.240 e. The molecule has 1 saturated heterocycles. The number of carbonyl (C=O) groups excluding carboxylic acids is 1. The zero-order chi connectivity index (χ0) is 25.5. The largest absolute Gasteiger partial charge is 0.355 e. The van der Waals surface area contributed by atoms with Crippen LogP contribution in [-0.4, -0.2) is 40.0 Å². The molecule has 0 radical (unpaired) electrons. The van der Waals surface area contributed by atoms with Gasteiger partial charge in [0.15, 0.2) is 0 Å². The van der Waals surface area contributed by atoms with Crippen LogP contribution in [0.2, 0.25) is 0 Å². The van der Waals surface area contributed by atoms with Crippen molar-refractivity contribution >= 4 is 15.9 Å². The van der Waals surface area contributed by atoms with Crippen LogP contribution in [0.15, 0.2) is 89.8 Å². The van der Waals surface area contributed by atoms with Crippen molar-refractivity contribution in [3.05, 3.63) is 102 Å². The summed E-state index contributed by atoms with van der Waals surface area (Å²) in [5.74, 6) is -0.0116. The first-order valence-corrected chi connectivity index (χ1v) is 14.0. The summed E-state index contributed by atoms with van der Waals surface area (Å²) in [7, 11) is -3.67. The van der Waals surface area contributed by atoms with Crippen molar-refractivity contribution in [2.75, 3.05) is 19.6 Å². The van der Waals surface area contributed by atoms with Gasteiger partial charge in [-0.05, 0) is 41.2 Å². The monoisotopic (exact) mass is 505 g/mol. The molecule has 0 spiro atoms. The van der Waals surface area contributed by atoms with Gasteiger partial charge in [-0.1, -0.05) is 86.6 Å². The summed E-state index contributed by atoms with van der Waals surface area (Å²) in [6.07, 6.45) is 0.448. The van der Waals surface area contributed by atoms with Gasteiger partial charge >= 0.3 is 0 Å². The van der Waals surface area contributed by atoms with Crippen LogP contribution in [0.25, 0.3) is 0 Å². The molecule has 0 bridgehead atoms. The molecule has 0 unspecified atom stereocenters. The fourth-order valence-corrected chi connectivity index (χ4v) is 5.95. The van der Waals surface area contributed by atoms with Crippen LogP contribution in [-0.2, 0) is 14.8 Å². The van der Waals surface area contributed by atoms with Crippen LogP contribution in [0.4, 0.5) is 0 Å². The highest BCUT2D eigenvalue weighted by molar-refractivity contribution is 7.89. The Morgan fingerprint density at radius 2 is 1.44 bits per heavy atom. The molecule has 3 aromatic rings. The van der Waals surface area contributed by atoms with Gasteiger partial charge in [-0.2, -0.15) is 0 Å². The molecular formula is C29H35N3O3S. The predicted molar refractivity (Wildman–Crippen MR) is 143 cm³/mol. The van der Waals surface area contributed by atoms with Gasteiger partial charge in [0.05, 0.1) is 10.8 Å². The van der Waals surface area contributed by atoms with Crippen LogP contribution in [0, 0.1) is 5.92 Å². The van der Waals surface area contributed by atoms with Gasteiger partial charge in [-0.3, -0.25) is 4.79 Å². The van der Waals surface area contributed by atoms with E-state index in [2.05, 4.69) is 53.5 Å². The molecule has 36 heavy (non-hydrogen) atoms. The molecule has 2 atom stereocenters. The number of amides is 1. The van der Waals surface area contributed by atoms with Gasteiger partial charge in [0.25, 0.3) is 0 Å². The number of sulfonamides is 1. The van der Waals surface area contributed by atoms with E-state index >= 15 is 0 Å². The van der Waals surface area contributed by atoms with Crippen LogP contribution >= 0.6 is 0 Å². The van der Waals surface area contributed by atoms with Crippen LogP contribution in [0.3, 0.4) is 0 Å². The maximum atomic E-state index is 13.1. The van der Waals surface area contributed by atoms with Gasteiger partial charge in [-0.25, -0.2) is 13.1 Å². The van der Waals surface area contributed by atoms with E-state index in [1.54, 1.807) is 12.1 Å². The molecule has 0 aliphatic carbocycles. The van der Waals surface area contributed by atoms with Gasteiger partial charge in [0.2, 0.25) is 15.9 Å². The second-order valence-electron chi connectivity index (χ2n) is 9.75. The van der Waals surface area contributed by atoms with E-state index in [9.17, 15) is 13.2 Å². The lowest BCUT2D eigenvalue weighted by molar-refractivity contribution is -0.125. The maximum Gasteiger partial charge on any atom is 0.240 e. The third kappa shape index (κ3) is 6.60. The highest BCUT2D eigenvalue weighted by atomic mass is 32.2. The van der Waals surface area contributed by atoms with E-state index < -0.39 is 10.0 Å². The summed E-state index contributed by atoms with van der Waals surface area (Å²) in [4.78, 5) is 13.4. The van der Waals surface area contributed by atoms with E-state index in [0.29, 0.717) is 32.0 Å². The van der Waals surface area contributed by atoms with E-state index in [1.807, 2.05) is 48.5 Å². The Labute approximate surface area is 214 Å². The molecule has 3 aromatic carbocycles. The number of nitrogens with one attached hydrogen (secondary N) is 3. The minimum Gasteiger partial charge on any atom is -0.355 e. The molecular weight excluding hydrogens is 470 g/mol. The minimum absolute atomic E-state index is 0.0380. The van der Waals surface area contributed by atoms with Crippen molar-refractivity contribution in [1.29, 1.82) is 0 Å². The Balaban J connectivity index is 1.38. The zero-order valence-corrected chi connectivity index (χ0v) is 21.7. The molecule has 0 aromatic heterocycles. The Morgan fingerprint density at radius 3 is 2.00 bits per heavy atom. The summed E-state index contributed by atoms with van der Waals surface area (Å²) < 4.78 is 28.7. The topological polar surface area (TPSA) is 87.3 Å². The number of piperidine rings is 1. The number of carbonyl (C=O) groups is 1. The average Bonchev–Trinajstić information content (AvgIpc) is 2.90. The third-order valence-electron chi connectivity index (χ3n) is 6.78. The Morgan fingerprint density at radius 1 is 0.861 bits per heavy atom. The summed E-state index contributed by atoms with van der Waals surface area (Å²) in [6.45, 7) is 5.63. The highest BCUT2D eigenvalue weighted by Crippen LogP contribution is 2.24. The third-order valence-corrected chi connectivity index (χ3v) is 8.32. The molecule has 3 N–H and O–H groups in total. The van der Waals surface area contributed by atoms with Gasteiger partial charge in [0, 0.05) is 31.6 Å². The van der Waals surface area contributed by atoms with Crippen molar-refractivity contribution in [3.63, 3.8) is 0 Å². The molecule has 1 amide bonds. The Hall–Kier alpha value is -3.00. The first-order chi connectivity index (χ1) is 17.3. The van der Waals surface area contributed by atoms with E-state index in [4.69, 9.17) is 0 Å². The fourth-order valence-electron chi connectivity index (χ4n) is 4.70. The molecule has 1 aliphatic rings. The first-order valence-electron chi connectivity index (χ1n) is 12.5. The lowest BCUT2D eigenvalue weighted by atomic mass is 9.90. The molecule has 190 valence electrons. The predicted octanol–water partition coefficient (Wildman–Crippen LogP) is 4.01. The summed E-state index contributed by atoms with van der Waals surface area (Å²) in [5.41, 5.74) is 3.37. The molecule has 1 fully saturated rings. The Bertz CT molecular complexity index is 1190. The van der Waals surface area contributed by atoms with Crippen molar-refractivity contribution < 1.29 is 13.2 Å². The van der Waals surface area contributed by atoms with Crippen molar-refractivity contribution in [2.45, 2.75) is 43.0 Å². The van der Waals surface area contributed by atoms with Crippen molar-refractivity contribution in [2.24, 2.45) is 5.92 Å². The van der Waals surface area contributed by atoms with Gasteiger partial charge < -0.3 is 10.6 Å². The minimum atomic E-state index is -3.67. The molecule has 7 heteroatoms. The zero-order valence-electron chi connectivity index (χ0n) is 20.9. The average molecular weight is 506 g/mol. The van der Waals surface area contributed by atoms with Crippen LogP contribution in [0.5, 0.6) is 0 Å². The number of rotatable bonds is 9. The second kappa shape index (κ2) is 11.8. The lowest BCUT2D eigenvalue weighted by Crippen LogP contribution is -2.52. The van der Waals surface area contributed by atoms with Gasteiger partial charge in [0.1, 0.15) is 0 Å². The standard InChI is InChI=1S/C29H35N3O3S/c1-21(2)22-13-15-27(16-14-22)36(34,35)32-26-17-25(18-30-19-26)29(33)31-20-28(23-9-5-3-6-10-23)24-11-7-4-8-12-24/h3-16,21,25-26,28,30,32H,17-20H2,1-2H3,(H,31,33)/t25-,26+/m0/s1. The van der Waals surface area contributed by atoms with Crippen molar-refractivity contribution in [1.82, 2.24) is 15.4 Å². The number of benzene rings is 3. The molecule has 4 rings (SSSR count). The van der Waals surface area contributed by atoms with E-state index in [-0.39, 0.29) is 28.7 Å². The van der Waals surface area contributed by atoms with Gasteiger partial charge in [-0.15, -0.1) is 0 Å². The maximum absolute atomic E-state index is 13.1. The number of hydrogen-bond acceptors (Lipinski definition) is 4. The molecule has 6 nitrogen and oxygen atoms in total. The van der Waals surface area contributed by atoms with E-state index in [1.165, 1.54) is 0 Å². The van der Waals surface area contributed by atoms with E-state index in [0.717, 1.165) is 16.7 Å². The lowest BCUT2D eigenvalue weighted by Gasteiger charge is -2.30. The summed E-state index contributed by atoms with van der Waals surface area (Å²) in [5, 5.41) is 6.35. The molecule has 0 saturated carbocycles. The molecule has 1 heterocycles. The summed E-state index contributed by atoms with van der Waals surface area (Å²) >= 11 is 0. The highest BCUT2D eigenvalue weighted by Gasteiger charge is 2.30.